The van der Waals surface area contributed by atoms with E-state index in [-0.39, 0.29) is 35.5 Å². The highest BCUT2D eigenvalue weighted by Gasteiger charge is 2.24. The van der Waals surface area contributed by atoms with Crippen LogP contribution in [0.5, 0.6) is 11.5 Å². The van der Waals surface area contributed by atoms with Crippen LogP contribution >= 0.6 is 24.0 Å². The third kappa shape index (κ3) is 7.57. The highest BCUT2D eigenvalue weighted by atomic mass is 127. The lowest BCUT2D eigenvalue weighted by Gasteiger charge is -2.30. The van der Waals surface area contributed by atoms with E-state index in [4.69, 9.17) is 14.2 Å². The fourth-order valence-electron chi connectivity index (χ4n) is 2.52. The van der Waals surface area contributed by atoms with Crippen molar-refractivity contribution in [2.24, 2.45) is 10.4 Å². The van der Waals surface area contributed by atoms with Gasteiger partial charge in [-0.1, -0.05) is 32.9 Å². The van der Waals surface area contributed by atoms with Crippen molar-refractivity contribution >= 4 is 29.9 Å². The van der Waals surface area contributed by atoms with Crippen LogP contribution < -0.4 is 20.1 Å². The predicted octanol–water partition coefficient (Wildman–Crippen LogP) is 3.44. The van der Waals surface area contributed by atoms with E-state index in [1.165, 1.54) is 0 Å². The van der Waals surface area contributed by atoms with Crippen LogP contribution in [0.2, 0.25) is 0 Å². The Labute approximate surface area is 175 Å². The van der Waals surface area contributed by atoms with Gasteiger partial charge in [-0.3, -0.25) is 0 Å². The van der Waals surface area contributed by atoms with Crippen molar-refractivity contribution in [1.82, 2.24) is 10.6 Å². The van der Waals surface area contributed by atoms with E-state index in [1.54, 1.807) is 21.3 Å². The number of hydrogen-bond donors (Lipinski definition) is 2. The number of halogens is 1. The second-order valence-electron chi connectivity index (χ2n) is 6.82. The number of hydrogen-bond acceptors (Lipinski definition) is 4. The van der Waals surface area contributed by atoms with Gasteiger partial charge in [0.05, 0.1) is 26.9 Å². The summed E-state index contributed by atoms with van der Waals surface area (Å²) in [5.74, 6) is 2.17. The van der Waals surface area contributed by atoms with Gasteiger partial charge in [-0.05, 0) is 18.4 Å². The molecule has 26 heavy (non-hydrogen) atoms. The summed E-state index contributed by atoms with van der Waals surface area (Å²) in [5, 5.41) is 6.62. The van der Waals surface area contributed by atoms with Gasteiger partial charge in [-0.2, -0.15) is 0 Å². The number of benzene rings is 1. The van der Waals surface area contributed by atoms with Crippen LogP contribution in [0.25, 0.3) is 0 Å². The Morgan fingerprint density at radius 1 is 1.12 bits per heavy atom. The van der Waals surface area contributed by atoms with Crippen molar-refractivity contribution in [3.05, 3.63) is 23.8 Å². The van der Waals surface area contributed by atoms with E-state index in [0.717, 1.165) is 18.1 Å². The number of para-hydroxylation sites is 1. The van der Waals surface area contributed by atoms with E-state index < -0.39 is 0 Å². The minimum atomic E-state index is 0. The third-order valence-corrected chi connectivity index (χ3v) is 3.94. The van der Waals surface area contributed by atoms with Crippen molar-refractivity contribution < 1.29 is 14.2 Å². The molecule has 1 atom stereocenters. The van der Waals surface area contributed by atoms with Crippen LogP contribution in [0, 0.1) is 5.41 Å². The van der Waals surface area contributed by atoms with Crippen LogP contribution in [-0.4, -0.2) is 46.5 Å². The zero-order valence-electron chi connectivity index (χ0n) is 17.0. The predicted molar refractivity (Wildman–Crippen MR) is 118 cm³/mol. The van der Waals surface area contributed by atoms with Gasteiger partial charge in [-0.25, -0.2) is 4.99 Å². The number of nitrogens with one attached hydrogen (secondary N) is 2. The molecule has 150 valence electrons. The molecular weight excluding hydrogens is 445 g/mol. The number of aliphatic imine (C=N–C) groups is 1. The molecule has 1 rings (SSSR count). The second-order valence-corrected chi connectivity index (χ2v) is 6.82. The molecule has 0 aliphatic carbocycles. The van der Waals surface area contributed by atoms with E-state index in [9.17, 15) is 0 Å². The molecular formula is C19H34IN3O3. The summed E-state index contributed by atoms with van der Waals surface area (Å²) in [7, 11) is 5.01. The zero-order valence-corrected chi connectivity index (χ0v) is 19.3. The van der Waals surface area contributed by atoms with E-state index in [0.29, 0.717) is 24.6 Å². The SMILES string of the molecule is CCNC(=NCc1cccc(OC)c1OC)NCC(OC)C(C)(C)C.I. The molecule has 1 aromatic rings. The lowest BCUT2D eigenvalue weighted by Crippen LogP contribution is -2.45. The molecule has 0 aliphatic heterocycles. The third-order valence-electron chi connectivity index (χ3n) is 3.94. The van der Waals surface area contributed by atoms with Crippen molar-refractivity contribution in [3.63, 3.8) is 0 Å². The molecule has 0 spiro atoms. The summed E-state index contributed by atoms with van der Waals surface area (Å²) in [6.07, 6.45) is 0.0858. The van der Waals surface area contributed by atoms with Crippen LogP contribution in [0.3, 0.4) is 0 Å². The molecule has 0 aliphatic rings. The number of nitrogens with zero attached hydrogens (tertiary/aromatic N) is 1. The van der Waals surface area contributed by atoms with Crippen molar-refractivity contribution in [2.75, 3.05) is 34.4 Å². The molecule has 0 saturated carbocycles. The molecule has 0 amide bonds. The minimum absolute atomic E-state index is 0. The molecule has 0 heterocycles. The van der Waals surface area contributed by atoms with Crippen LogP contribution in [0.4, 0.5) is 0 Å². The van der Waals surface area contributed by atoms with Gasteiger partial charge in [0.15, 0.2) is 17.5 Å². The number of rotatable bonds is 8. The van der Waals surface area contributed by atoms with Gasteiger partial charge in [0.2, 0.25) is 0 Å². The van der Waals surface area contributed by atoms with Gasteiger partial charge in [0.1, 0.15) is 0 Å². The minimum Gasteiger partial charge on any atom is -0.493 e. The van der Waals surface area contributed by atoms with Gasteiger partial charge >= 0.3 is 0 Å². The fourth-order valence-corrected chi connectivity index (χ4v) is 2.52. The second kappa shape index (κ2) is 12.2. The molecule has 0 aromatic heterocycles. The van der Waals surface area contributed by atoms with Crippen molar-refractivity contribution in [1.29, 1.82) is 0 Å². The Kier molecular flexibility index (Phi) is 11.6. The first-order valence-corrected chi connectivity index (χ1v) is 8.62. The smallest absolute Gasteiger partial charge is 0.191 e. The fraction of sp³-hybridized carbons (Fsp3) is 0.632. The number of ether oxygens (including phenoxy) is 3. The van der Waals surface area contributed by atoms with Gasteiger partial charge < -0.3 is 24.8 Å². The first-order chi connectivity index (χ1) is 11.9. The largest absolute Gasteiger partial charge is 0.493 e. The molecule has 0 fully saturated rings. The molecule has 0 saturated heterocycles. The highest BCUT2D eigenvalue weighted by molar-refractivity contribution is 14.0. The Morgan fingerprint density at radius 3 is 2.31 bits per heavy atom. The maximum atomic E-state index is 5.59. The summed E-state index contributed by atoms with van der Waals surface area (Å²) in [5.41, 5.74) is 1.02. The normalized spacial score (nSPS) is 12.8. The van der Waals surface area contributed by atoms with E-state index in [1.807, 2.05) is 25.1 Å². The highest BCUT2D eigenvalue weighted by Crippen LogP contribution is 2.31. The van der Waals surface area contributed by atoms with Gasteiger partial charge in [0, 0.05) is 25.8 Å². The topological polar surface area (TPSA) is 64.1 Å². The molecule has 1 aromatic carbocycles. The zero-order chi connectivity index (χ0) is 18.9. The lowest BCUT2D eigenvalue weighted by atomic mass is 9.89. The average molecular weight is 479 g/mol. The Hall–Kier alpha value is -1.22. The number of methoxy groups -OCH3 is 3. The summed E-state index contributed by atoms with van der Waals surface area (Å²) in [4.78, 5) is 4.66. The molecule has 6 nitrogen and oxygen atoms in total. The average Bonchev–Trinajstić information content (AvgIpc) is 2.58. The summed E-state index contributed by atoms with van der Waals surface area (Å²) >= 11 is 0. The van der Waals surface area contributed by atoms with Gasteiger partial charge in [-0.15, -0.1) is 24.0 Å². The Balaban J connectivity index is 0.00000625. The first-order valence-electron chi connectivity index (χ1n) is 8.62. The quantitative estimate of drug-likeness (QED) is 0.340. The maximum Gasteiger partial charge on any atom is 0.191 e. The molecule has 7 heteroatoms. The summed E-state index contributed by atoms with van der Waals surface area (Å²) < 4.78 is 16.4. The Morgan fingerprint density at radius 2 is 1.81 bits per heavy atom. The van der Waals surface area contributed by atoms with E-state index >= 15 is 0 Å². The van der Waals surface area contributed by atoms with Crippen molar-refractivity contribution in [3.8, 4) is 11.5 Å². The first kappa shape index (κ1) is 24.8. The Bertz CT molecular complexity index is 559. The maximum absolute atomic E-state index is 5.59. The molecule has 0 radical (unpaired) electrons. The van der Waals surface area contributed by atoms with Crippen LogP contribution in [-0.2, 0) is 11.3 Å². The van der Waals surface area contributed by atoms with Crippen LogP contribution in [0.15, 0.2) is 23.2 Å². The summed E-state index contributed by atoms with van der Waals surface area (Å²) in [6, 6.07) is 5.80. The standard InChI is InChI=1S/C19H33N3O3.HI/c1-8-20-18(22-13-16(24-6)19(2,3)4)21-12-14-10-9-11-15(23-5)17(14)25-7;/h9-11,16H,8,12-13H2,1-7H3,(H2,20,21,22);1H. The van der Waals surface area contributed by atoms with Crippen LogP contribution in [0.1, 0.15) is 33.3 Å². The van der Waals surface area contributed by atoms with Gasteiger partial charge in [0.25, 0.3) is 0 Å². The molecule has 1 unspecified atom stereocenters. The monoisotopic (exact) mass is 479 g/mol. The van der Waals surface area contributed by atoms with Crippen molar-refractivity contribution in [2.45, 2.75) is 40.3 Å². The molecule has 2 N–H and O–H groups in total. The summed E-state index contributed by atoms with van der Waals surface area (Å²) in [6.45, 7) is 10.5. The molecule has 0 bridgehead atoms. The van der Waals surface area contributed by atoms with E-state index in [2.05, 4.69) is 36.4 Å². The number of guanidine groups is 1. The lowest BCUT2D eigenvalue weighted by molar-refractivity contribution is 0.0205.